The fourth-order valence-corrected chi connectivity index (χ4v) is 2.23. The van der Waals surface area contributed by atoms with Crippen LogP contribution in [0, 0.1) is 5.82 Å². The van der Waals surface area contributed by atoms with Crippen LogP contribution >= 0.6 is 15.9 Å². The third kappa shape index (κ3) is 4.30. The van der Waals surface area contributed by atoms with Crippen LogP contribution < -0.4 is 0 Å². The zero-order chi connectivity index (χ0) is 17.9. The molecule has 0 fully saturated rings. The van der Waals surface area contributed by atoms with Crippen molar-refractivity contribution in [3.63, 3.8) is 0 Å². The van der Waals surface area contributed by atoms with Crippen molar-refractivity contribution in [1.82, 2.24) is 4.98 Å². The van der Waals surface area contributed by atoms with E-state index in [0.29, 0.717) is 11.1 Å². The molecule has 1 heterocycles. The largest absolute Gasteiger partial charge is 0.505 e. The minimum Gasteiger partial charge on any atom is -0.505 e. The maximum atomic E-state index is 13.5. The lowest BCUT2D eigenvalue weighted by Gasteiger charge is -2.18. The van der Waals surface area contributed by atoms with Gasteiger partial charge in [-0.15, -0.1) is 0 Å². The molecule has 0 saturated heterocycles. The predicted molar refractivity (Wildman–Crippen MR) is 92.4 cm³/mol. The first-order chi connectivity index (χ1) is 11.2. The van der Waals surface area contributed by atoms with E-state index >= 15 is 0 Å². The van der Waals surface area contributed by atoms with E-state index in [9.17, 15) is 14.6 Å². The van der Waals surface area contributed by atoms with Crippen molar-refractivity contribution in [1.29, 1.82) is 0 Å². The maximum absolute atomic E-state index is 13.5. The van der Waals surface area contributed by atoms with Crippen molar-refractivity contribution in [2.24, 2.45) is 5.16 Å². The second kappa shape index (κ2) is 7.27. The summed E-state index contributed by atoms with van der Waals surface area (Å²) in [6, 6.07) is 5.81. The minimum atomic E-state index is -0.563. The number of rotatable bonds is 4. The SMILES string of the molecule is CC(C)(C)O/N=C(/c1ccc(F)c(Br)c1)c1nccc(CO)c1O. The fraction of sp³-hybridized carbons (Fsp3) is 0.294. The van der Waals surface area contributed by atoms with Gasteiger partial charge >= 0.3 is 0 Å². The lowest BCUT2D eigenvalue weighted by Crippen LogP contribution is -2.18. The van der Waals surface area contributed by atoms with E-state index in [4.69, 9.17) is 4.84 Å². The van der Waals surface area contributed by atoms with Crippen molar-refractivity contribution < 1.29 is 19.4 Å². The Hall–Kier alpha value is -1.99. The molecule has 0 amide bonds. The summed E-state index contributed by atoms with van der Waals surface area (Å²) in [4.78, 5) is 9.60. The van der Waals surface area contributed by atoms with Crippen LogP contribution in [0.5, 0.6) is 5.75 Å². The van der Waals surface area contributed by atoms with Gasteiger partial charge in [0.05, 0.1) is 11.1 Å². The quantitative estimate of drug-likeness (QED) is 0.609. The monoisotopic (exact) mass is 396 g/mol. The van der Waals surface area contributed by atoms with E-state index in [2.05, 4.69) is 26.1 Å². The van der Waals surface area contributed by atoms with Crippen molar-refractivity contribution in [3.8, 4) is 5.75 Å². The molecule has 0 aliphatic rings. The number of nitrogens with zero attached hydrogens (tertiary/aromatic N) is 2. The molecule has 0 saturated carbocycles. The molecule has 1 aromatic heterocycles. The normalized spacial score (nSPS) is 12.3. The summed E-state index contributed by atoms with van der Waals surface area (Å²) in [5, 5.41) is 23.8. The zero-order valence-electron chi connectivity index (χ0n) is 13.5. The number of aliphatic hydroxyl groups excluding tert-OH is 1. The lowest BCUT2D eigenvalue weighted by atomic mass is 10.0. The van der Waals surface area contributed by atoms with Crippen LogP contribution in [0.1, 0.15) is 37.6 Å². The van der Waals surface area contributed by atoms with Gasteiger partial charge in [0, 0.05) is 17.3 Å². The summed E-state index contributed by atoms with van der Waals surface area (Å²) in [6.45, 7) is 5.13. The zero-order valence-corrected chi connectivity index (χ0v) is 15.1. The van der Waals surface area contributed by atoms with E-state index in [0.717, 1.165) is 0 Å². The summed E-state index contributed by atoms with van der Waals surface area (Å²) in [5.41, 5.74) is 0.630. The number of pyridine rings is 1. The van der Waals surface area contributed by atoms with Crippen molar-refractivity contribution in [2.75, 3.05) is 0 Å². The van der Waals surface area contributed by atoms with Gasteiger partial charge in [-0.2, -0.15) is 0 Å². The Bertz CT molecular complexity index is 773. The second-order valence-corrected chi connectivity index (χ2v) is 6.95. The Balaban J connectivity index is 2.61. The molecular formula is C17H18BrFN2O3. The van der Waals surface area contributed by atoms with Crippen LogP contribution in [0.4, 0.5) is 4.39 Å². The van der Waals surface area contributed by atoms with Crippen LogP contribution in [0.2, 0.25) is 0 Å². The van der Waals surface area contributed by atoms with Gasteiger partial charge in [0.15, 0.2) is 0 Å². The molecule has 24 heavy (non-hydrogen) atoms. The van der Waals surface area contributed by atoms with Crippen molar-refractivity contribution in [2.45, 2.75) is 33.0 Å². The Morgan fingerprint density at radius 3 is 2.62 bits per heavy atom. The van der Waals surface area contributed by atoms with E-state index in [1.165, 1.54) is 30.5 Å². The number of benzene rings is 1. The summed E-state index contributed by atoms with van der Waals surface area (Å²) in [7, 11) is 0. The highest BCUT2D eigenvalue weighted by Crippen LogP contribution is 2.26. The Kier molecular flexibility index (Phi) is 5.56. The Morgan fingerprint density at radius 2 is 2.04 bits per heavy atom. The third-order valence-corrected chi connectivity index (χ3v) is 3.61. The Morgan fingerprint density at radius 1 is 1.33 bits per heavy atom. The number of oxime groups is 1. The molecule has 0 bridgehead atoms. The topological polar surface area (TPSA) is 74.9 Å². The highest BCUT2D eigenvalue weighted by Gasteiger charge is 2.20. The molecule has 1 aromatic carbocycles. The van der Waals surface area contributed by atoms with E-state index < -0.39 is 11.4 Å². The first-order valence-electron chi connectivity index (χ1n) is 7.22. The predicted octanol–water partition coefficient (Wildman–Crippen LogP) is 3.75. The van der Waals surface area contributed by atoms with Gasteiger partial charge in [-0.25, -0.2) is 4.39 Å². The van der Waals surface area contributed by atoms with E-state index in [1.807, 2.05) is 20.8 Å². The number of aliphatic hydroxyl groups is 1. The van der Waals surface area contributed by atoms with Gasteiger partial charge in [-0.05, 0) is 61.0 Å². The summed E-state index contributed by atoms with van der Waals surface area (Å²) in [6.07, 6.45) is 1.45. The van der Waals surface area contributed by atoms with Gasteiger partial charge in [0.1, 0.15) is 28.6 Å². The molecule has 2 aromatic rings. The highest BCUT2D eigenvalue weighted by molar-refractivity contribution is 9.10. The standard InChI is InChI=1S/C17H18BrFN2O3/c1-17(2,3)24-21-14(10-4-5-13(19)12(18)8-10)15-16(23)11(9-22)6-7-20-15/h4-8,22-23H,9H2,1-3H3/b21-14-. The molecule has 2 N–H and O–H groups in total. The molecule has 0 unspecified atom stereocenters. The molecule has 0 aliphatic heterocycles. The average Bonchev–Trinajstić information content (AvgIpc) is 2.51. The van der Waals surface area contributed by atoms with Crippen LogP contribution in [0.15, 0.2) is 40.1 Å². The molecule has 0 aliphatic carbocycles. The summed E-state index contributed by atoms with van der Waals surface area (Å²) < 4.78 is 13.8. The van der Waals surface area contributed by atoms with Gasteiger partial charge in [0.25, 0.3) is 0 Å². The van der Waals surface area contributed by atoms with Crippen molar-refractivity contribution >= 4 is 21.6 Å². The molecular weight excluding hydrogens is 379 g/mol. The first-order valence-corrected chi connectivity index (χ1v) is 8.02. The smallest absolute Gasteiger partial charge is 0.149 e. The Labute approximate surface area is 147 Å². The van der Waals surface area contributed by atoms with Crippen LogP contribution in [-0.4, -0.2) is 26.5 Å². The molecule has 5 nitrogen and oxygen atoms in total. The van der Waals surface area contributed by atoms with Gasteiger partial charge in [0.2, 0.25) is 0 Å². The minimum absolute atomic E-state index is 0.143. The molecule has 7 heteroatoms. The molecule has 128 valence electrons. The number of aromatic nitrogens is 1. The van der Waals surface area contributed by atoms with E-state index in [1.54, 1.807) is 0 Å². The van der Waals surface area contributed by atoms with Gasteiger partial charge in [-0.3, -0.25) is 4.98 Å². The number of halogens is 2. The van der Waals surface area contributed by atoms with E-state index in [-0.39, 0.29) is 28.2 Å². The van der Waals surface area contributed by atoms with Gasteiger partial charge in [-0.1, -0.05) is 5.16 Å². The lowest BCUT2D eigenvalue weighted by molar-refractivity contribution is 0.00111. The molecule has 0 radical (unpaired) electrons. The average molecular weight is 397 g/mol. The van der Waals surface area contributed by atoms with Crippen LogP contribution in [0.25, 0.3) is 0 Å². The summed E-state index contributed by atoms with van der Waals surface area (Å²) in [5.74, 6) is -0.618. The van der Waals surface area contributed by atoms with Gasteiger partial charge < -0.3 is 15.1 Å². The third-order valence-electron chi connectivity index (χ3n) is 3.01. The van der Waals surface area contributed by atoms with Crippen LogP contribution in [-0.2, 0) is 11.4 Å². The maximum Gasteiger partial charge on any atom is 0.149 e. The number of hydrogen-bond acceptors (Lipinski definition) is 5. The number of aromatic hydroxyl groups is 1. The fourth-order valence-electron chi connectivity index (χ4n) is 1.85. The van der Waals surface area contributed by atoms with Crippen molar-refractivity contribution in [3.05, 3.63) is 57.6 Å². The van der Waals surface area contributed by atoms with Crippen LogP contribution in [0.3, 0.4) is 0 Å². The molecule has 2 rings (SSSR count). The number of hydrogen-bond donors (Lipinski definition) is 2. The first kappa shape index (κ1) is 18.4. The second-order valence-electron chi connectivity index (χ2n) is 6.10. The highest BCUT2D eigenvalue weighted by atomic mass is 79.9. The molecule has 0 atom stereocenters. The molecule has 0 spiro atoms. The summed E-state index contributed by atoms with van der Waals surface area (Å²) >= 11 is 3.13.